The SMILES string of the molecule is CC[C@H](C)C1NC(=O)[C@@H](CCCN=C(N)N)NC(=O)[C@H](CC(C)C)NC(=O)[C@H]([C@H](O)C(C)C)NC(=O)[C@@H](NC(=O)[C@H](Cc2ccccn2)NC(=O)[C@H](N)CC(C)(C)C)[C@@H](c2ccccc2)OC(=O)[C@H](CO)NC(=O)[C@H]([C@H](O)C(N)=O)NC(=O)CNC(=O)[C@H]([C@H](C)O)NC1=O.O=C(O)C(F)(F)F.O=C(O)C(F)(F)F.O=C(O)C(F)(F)F. The number of amides is 11. The molecular formula is C67H99F9N16O23. The lowest BCUT2D eigenvalue weighted by atomic mass is 9.88. The number of primary amides is 1. The Labute approximate surface area is 650 Å². The van der Waals surface area contributed by atoms with E-state index in [1.165, 1.54) is 56.4 Å². The first kappa shape index (κ1) is 104. The highest BCUT2D eigenvalue weighted by Gasteiger charge is 2.45. The highest BCUT2D eigenvalue weighted by Crippen LogP contribution is 2.26. The Morgan fingerprint density at radius 1 is 0.617 bits per heavy atom. The number of aliphatic carboxylic acids is 3. The maximum absolute atomic E-state index is 15.5. The molecule has 0 spiro atoms. The van der Waals surface area contributed by atoms with Gasteiger partial charge in [-0.25, -0.2) is 19.2 Å². The average Bonchev–Trinajstić information content (AvgIpc) is 0.810. The van der Waals surface area contributed by atoms with E-state index in [4.69, 9.17) is 57.4 Å². The smallest absolute Gasteiger partial charge is 0.475 e. The zero-order valence-corrected chi connectivity index (χ0v) is 63.6. The van der Waals surface area contributed by atoms with Crippen LogP contribution in [-0.2, 0) is 83.1 Å². The van der Waals surface area contributed by atoms with Gasteiger partial charge in [-0.2, -0.15) is 39.5 Å². The first-order chi connectivity index (χ1) is 52.8. The summed E-state index contributed by atoms with van der Waals surface area (Å²) in [5.41, 5.74) is 22.5. The van der Waals surface area contributed by atoms with Crippen molar-refractivity contribution in [3.8, 4) is 0 Å². The number of hydrogen-bond donors (Lipinski definition) is 21. The summed E-state index contributed by atoms with van der Waals surface area (Å²) < 4.78 is 101. The van der Waals surface area contributed by atoms with Crippen molar-refractivity contribution in [2.75, 3.05) is 19.7 Å². The summed E-state index contributed by atoms with van der Waals surface area (Å²) in [6, 6.07) is -6.54. The minimum atomic E-state index is -5.08. The minimum Gasteiger partial charge on any atom is -0.475 e. The molecule has 15 atom stereocenters. The fourth-order valence-corrected chi connectivity index (χ4v) is 9.62. The second-order valence-electron chi connectivity index (χ2n) is 27.5. The fraction of sp³-hybridized carbons (Fsp3) is 0.597. The Morgan fingerprint density at radius 3 is 1.55 bits per heavy atom. The molecule has 1 saturated heterocycles. The molecule has 2 heterocycles. The summed E-state index contributed by atoms with van der Waals surface area (Å²) in [7, 11) is 0. The second-order valence-corrected chi connectivity index (χ2v) is 27.5. The largest absolute Gasteiger partial charge is 0.490 e. The molecule has 48 heteroatoms. The molecule has 2 aromatic rings. The molecule has 115 heavy (non-hydrogen) atoms. The second kappa shape index (κ2) is 48.2. The molecule has 0 bridgehead atoms. The van der Waals surface area contributed by atoms with Crippen molar-refractivity contribution in [2.45, 2.75) is 211 Å². The van der Waals surface area contributed by atoms with Crippen LogP contribution in [0.15, 0.2) is 59.7 Å². The van der Waals surface area contributed by atoms with Gasteiger partial charge in [-0.05, 0) is 73.5 Å². The molecule has 0 saturated carbocycles. The molecule has 0 radical (unpaired) electrons. The molecule has 0 aliphatic carbocycles. The van der Waals surface area contributed by atoms with Crippen molar-refractivity contribution in [1.29, 1.82) is 0 Å². The topological polar surface area (TPSA) is 657 Å². The number of carboxylic acid groups (broad SMARTS) is 3. The van der Waals surface area contributed by atoms with Crippen molar-refractivity contribution in [3.63, 3.8) is 0 Å². The number of aliphatic hydroxyl groups is 4. The number of guanidine groups is 1. The number of pyridine rings is 1. The Morgan fingerprint density at radius 2 is 1.10 bits per heavy atom. The molecule has 11 amide bonds. The highest BCUT2D eigenvalue weighted by molar-refractivity contribution is 6.00. The number of rotatable bonds is 22. The van der Waals surface area contributed by atoms with Crippen LogP contribution in [0.1, 0.15) is 119 Å². The molecule has 648 valence electrons. The van der Waals surface area contributed by atoms with E-state index in [0.29, 0.717) is 0 Å². The minimum absolute atomic E-state index is 0.0375. The van der Waals surface area contributed by atoms with E-state index in [1.54, 1.807) is 39.8 Å². The molecule has 1 aromatic carbocycles. The van der Waals surface area contributed by atoms with Gasteiger partial charge in [0.2, 0.25) is 65.0 Å². The highest BCUT2D eigenvalue weighted by atomic mass is 19.4. The number of hydrogen-bond acceptors (Lipinski definition) is 23. The van der Waals surface area contributed by atoms with Gasteiger partial charge in [0, 0.05) is 24.9 Å². The van der Waals surface area contributed by atoms with E-state index < -0.39 is 229 Å². The number of ether oxygens (including phenoxy) is 1. The quantitative estimate of drug-likeness (QED) is 0.0178. The number of halogens is 9. The number of esters is 1. The van der Waals surface area contributed by atoms with Gasteiger partial charge in [0.1, 0.15) is 48.3 Å². The predicted octanol–water partition coefficient (Wildman–Crippen LogP) is -3.55. The van der Waals surface area contributed by atoms with E-state index in [1.807, 2.05) is 31.4 Å². The van der Waals surface area contributed by atoms with E-state index in [9.17, 15) is 108 Å². The number of nitrogens with zero attached hydrogens (tertiary/aromatic N) is 2. The first-order valence-electron chi connectivity index (χ1n) is 34.6. The van der Waals surface area contributed by atoms with E-state index in [2.05, 4.69) is 52.5 Å². The summed E-state index contributed by atoms with van der Waals surface area (Å²) in [5, 5.41) is 89.6. The monoisotopic (exact) mass is 1670 g/mol. The lowest BCUT2D eigenvalue weighted by Gasteiger charge is -2.33. The standard InChI is InChI=1S/C61H96N16O17.3C2HF3O2/c1-11-31(6)41-55(89)75-42(32(7)79)54(88)68-27-40(80)73-44(47(82)49(63)83)57(91)72-39(28-78)59(93)94-48(33-18-13-12-14-19-33)45(77-53(87)38(25-34-20-15-16-22-66-34)70-50(84)35(62)26-61(8,9)10)58(92)76-43(46(81)30(4)5)56(90)71-37(24-29(2)3)52(86)69-36(51(85)74-41)21-17-23-67-60(64)65;3*3-2(4,5)1(6)7/h12-16,18-20,22,29-32,35-39,41-48,78-79,81-82H,11,17,21,23-28,62H2,1-10H3,(H2,63,83)(H,68,88)(H,69,86)(H,70,84)(H,71,90)(H,72,91)(H,73,80)(H,74,85)(H,75,89)(H,76,92)(H,77,87)(H4,64,65,67);3*(H,6,7)/t31-,32-,35+,36+,37-,38-,39-,41?,42-,43-,44-,45-,46+,47-,48+;;;/m0.../s1. The zero-order chi connectivity index (χ0) is 89.1. The zero-order valence-electron chi connectivity index (χ0n) is 63.6. The van der Waals surface area contributed by atoms with E-state index in [0.717, 1.165) is 6.92 Å². The van der Waals surface area contributed by atoms with E-state index >= 15 is 9.59 Å². The number of nitrogens with one attached hydrogen (secondary N) is 10. The van der Waals surface area contributed by atoms with Gasteiger partial charge in [0.05, 0.1) is 31.4 Å². The summed E-state index contributed by atoms with van der Waals surface area (Å²) in [4.78, 5) is 206. The molecule has 1 unspecified atom stereocenters. The predicted molar refractivity (Wildman–Crippen MR) is 380 cm³/mol. The first-order valence-corrected chi connectivity index (χ1v) is 34.6. The molecule has 1 aliphatic rings. The van der Waals surface area contributed by atoms with Crippen LogP contribution < -0.4 is 76.1 Å². The summed E-state index contributed by atoms with van der Waals surface area (Å²) in [5.74, 6) is -25.4. The van der Waals surface area contributed by atoms with Gasteiger partial charge in [0.15, 0.2) is 24.2 Å². The van der Waals surface area contributed by atoms with Crippen LogP contribution in [0.3, 0.4) is 0 Å². The number of aromatic nitrogens is 1. The van der Waals surface area contributed by atoms with Crippen LogP contribution in [0, 0.1) is 23.2 Å². The van der Waals surface area contributed by atoms with Crippen LogP contribution in [0.4, 0.5) is 39.5 Å². The summed E-state index contributed by atoms with van der Waals surface area (Å²) >= 11 is 0. The number of cyclic esters (lactones) is 1. The summed E-state index contributed by atoms with van der Waals surface area (Å²) in [6.45, 7) is 13.7. The van der Waals surface area contributed by atoms with Crippen LogP contribution in [0.2, 0.25) is 0 Å². The van der Waals surface area contributed by atoms with Gasteiger partial charge < -0.3 is 117 Å². The number of alkyl halides is 9. The molecule has 39 nitrogen and oxygen atoms in total. The average molecular weight is 1670 g/mol. The molecule has 1 aromatic heterocycles. The lowest BCUT2D eigenvalue weighted by molar-refractivity contribution is -0.193. The number of carbonyl (C=O) groups excluding carboxylic acids is 12. The van der Waals surface area contributed by atoms with Crippen LogP contribution in [0.25, 0.3) is 0 Å². The third-order valence-electron chi connectivity index (χ3n) is 15.7. The van der Waals surface area contributed by atoms with Crippen LogP contribution >= 0.6 is 0 Å². The van der Waals surface area contributed by atoms with Gasteiger partial charge in [-0.1, -0.05) is 105 Å². The fourth-order valence-electron chi connectivity index (χ4n) is 9.62. The van der Waals surface area contributed by atoms with Gasteiger partial charge >= 0.3 is 42.4 Å². The van der Waals surface area contributed by atoms with Gasteiger partial charge in [-0.3, -0.25) is 62.7 Å². The Hall–Kier alpha value is -11.1. The normalized spacial score (nSPS) is 21.8. The van der Waals surface area contributed by atoms with E-state index in [-0.39, 0.29) is 62.3 Å². The number of carboxylic acids is 3. The molecule has 1 aliphatic heterocycles. The maximum atomic E-state index is 15.5. The Kier molecular flexibility index (Phi) is 43.5. The van der Waals surface area contributed by atoms with Crippen molar-refractivity contribution < 1.29 is 152 Å². The lowest BCUT2D eigenvalue weighted by Crippen LogP contribution is -2.64. The molecule has 1 fully saturated rings. The number of aliphatic imine (C=N–C) groups is 1. The number of aliphatic hydroxyl groups excluding tert-OH is 4. The number of carbonyl (C=O) groups is 15. The number of nitrogens with two attached hydrogens (primary N) is 4. The van der Waals surface area contributed by atoms with Crippen molar-refractivity contribution >= 4 is 94.8 Å². The Balaban J connectivity index is 0.00000540. The van der Waals surface area contributed by atoms with Crippen molar-refractivity contribution in [1.82, 2.24) is 58.2 Å². The number of benzene rings is 1. The third kappa shape index (κ3) is 39.0. The molecule has 25 N–H and O–H groups in total. The van der Waals surface area contributed by atoms with Crippen molar-refractivity contribution in [3.05, 3.63) is 66.0 Å². The van der Waals surface area contributed by atoms with Gasteiger partial charge in [0.25, 0.3) is 0 Å². The maximum Gasteiger partial charge on any atom is 0.490 e. The van der Waals surface area contributed by atoms with Gasteiger partial charge in [-0.15, -0.1) is 0 Å². The van der Waals surface area contributed by atoms with Crippen LogP contribution in [-0.4, -0.2) is 253 Å². The molecule has 3 rings (SSSR count). The molecular weight excluding hydrogens is 1570 g/mol. The summed E-state index contributed by atoms with van der Waals surface area (Å²) in [6.07, 6.45) is -22.4. The van der Waals surface area contributed by atoms with Crippen molar-refractivity contribution in [2.24, 2.45) is 51.1 Å². The third-order valence-corrected chi connectivity index (χ3v) is 15.7. The van der Waals surface area contributed by atoms with Crippen LogP contribution in [0.5, 0.6) is 0 Å². The Bertz CT molecular complexity index is 3570.